The lowest BCUT2D eigenvalue weighted by atomic mass is 10.0. The van der Waals surface area contributed by atoms with Gasteiger partial charge in [0, 0.05) is 0 Å². The number of amidine groups is 1. The second kappa shape index (κ2) is 8.03. The second-order valence-corrected chi connectivity index (χ2v) is 8.14. The van der Waals surface area contributed by atoms with Crippen LogP contribution in [0.15, 0.2) is 83.9 Å². The zero-order valence-electron chi connectivity index (χ0n) is 16.0. The van der Waals surface area contributed by atoms with Gasteiger partial charge in [-0.1, -0.05) is 66.4 Å². The summed E-state index contributed by atoms with van der Waals surface area (Å²) in [5.41, 5.74) is 5.42. The van der Waals surface area contributed by atoms with E-state index in [9.17, 15) is 4.79 Å². The molecule has 3 nitrogen and oxygen atoms in total. The molecule has 0 N–H and O–H groups in total. The van der Waals surface area contributed by atoms with Gasteiger partial charge in [0.1, 0.15) is 0 Å². The van der Waals surface area contributed by atoms with Gasteiger partial charge in [-0.2, -0.15) is 0 Å². The van der Waals surface area contributed by atoms with Crippen molar-refractivity contribution >= 4 is 34.2 Å². The molecular weight excluding hydrogens is 364 g/mol. The molecule has 3 aromatic rings. The van der Waals surface area contributed by atoms with Gasteiger partial charge in [-0.15, -0.1) is 0 Å². The van der Waals surface area contributed by atoms with Crippen molar-refractivity contribution < 1.29 is 4.79 Å². The third kappa shape index (κ3) is 3.87. The maximum atomic E-state index is 13.3. The van der Waals surface area contributed by atoms with E-state index in [2.05, 4.69) is 32.0 Å². The molecule has 0 bridgehead atoms. The third-order valence-electron chi connectivity index (χ3n) is 4.92. The molecule has 1 amide bonds. The van der Waals surface area contributed by atoms with Gasteiger partial charge in [0.15, 0.2) is 5.17 Å². The van der Waals surface area contributed by atoms with E-state index in [0.717, 1.165) is 16.5 Å². The standard InChI is InChI=1S/C24H22N2OS/c1-17-13-14-19(15-18(17)2)16-22-23(27)26(21-11-7-4-8-12-21)24(28-22)25-20-9-5-3-6-10-20/h3-15,22H,16H2,1-2H3. The molecule has 1 heterocycles. The Morgan fingerprint density at radius 3 is 2.25 bits per heavy atom. The topological polar surface area (TPSA) is 32.7 Å². The van der Waals surface area contributed by atoms with Crippen LogP contribution in [0.4, 0.5) is 11.4 Å². The molecule has 0 aromatic heterocycles. The maximum absolute atomic E-state index is 13.3. The number of aryl methyl sites for hydroxylation is 2. The Hall–Kier alpha value is -2.85. The minimum atomic E-state index is -0.176. The number of carbonyl (C=O) groups is 1. The highest BCUT2D eigenvalue weighted by molar-refractivity contribution is 8.16. The first-order chi connectivity index (χ1) is 13.6. The first-order valence-corrected chi connectivity index (χ1v) is 10.3. The van der Waals surface area contributed by atoms with Crippen LogP contribution in [0.3, 0.4) is 0 Å². The van der Waals surface area contributed by atoms with Crippen LogP contribution in [0.5, 0.6) is 0 Å². The molecule has 1 aliphatic heterocycles. The van der Waals surface area contributed by atoms with Crippen molar-refractivity contribution in [2.45, 2.75) is 25.5 Å². The number of nitrogens with zero attached hydrogens (tertiary/aromatic N) is 2. The van der Waals surface area contributed by atoms with Crippen molar-refractivity contribution in [2.24, 2.45) is 4.99 Å². The summed E-state index contributed by atoms with van der Waals surface area (Å²) >= 11 is 1.55. The van der Waals surface area contributed by atoms with Crippen LogP contribution < -0.4 is 4.90 Å². The van der Waals surface area contributed by atoms with E-state index in [1.807, 2.05) is 60.7 Å². The monoisotopic (exact) mass is 386 g/mol. The molecule has 28 heavy (non-hydrogen) atoms. The van der Waals surface area contributed by atoms with Crippen molar-refractivity contribution in [2.75, 3.05) is 4.90 Å². The van der Waals surface area contributed by atoms with Crippen LogP contribution in [-0.4, -0.2) is 16.3 Å². The van der Waals surface area contributed by atoms with Crippen molar-refractivity contribution in [1.29, 1.82) is 0 Å². The van der Waals surface area contributed by atoms with Gasteiger partial charge >= 0.3 is 0 Å². The van der Waals surface area contributed by atoms with Gasteiger partial charge in [0.05, 0.1) is 16.6 Å². The number of thioether (sulfide) groups is 1. The third-order valence-corrected chi connectivity index (χ3v) is 6.06. The van der Waals surface area contributed by atoms with Crippen LogP contribution >= 0.6 is 11.8 Å². The lowest BCUT2D eigenvalue weighted by Crippen LogP contribution is -2.32. The van der Waals surface area contributed by atoms with E-state index < -0.39 is 0 Å². The van der Waals surface area contributed by atoms with Crippen LogP contribution in [0.25, 0.3) is 0 Å². The highest BCUT2D eigenvalue weighted by Gasteiger charge is 2.39. The van der Waals surface area contributed by atoms with Crippen LogP contribution in [0.1, 0.15) is 16.7 Å². The van der Waals surface area contributed by atoms with E-state index in [-0.39, 0.29) is 11.2 Å². The molecule has 0 saturated carbocycles. The van der Waals surface area contributed by atoms with Crippen LogP contribution in [0.2, 0.25) is 0 Å². The summed E-state index contributed by atoms with van der Waals surface area (Å²) in [4.78, 5) is 19.8. The van der Waals surface area contributed by atoms with E-state index in [0.29, 0.717) is 6.42 Å². The fourth-order valence-electron chi connectivity index (χ4n) is 3.25. The molecule has 140 valence electrons. The lowest BCUT2D eigenvalue weighted by molar-refractivity contribution is -0.116. The number of aliphatic imine (C=N–C) groups is 1. The summed E-state index contributed by atoms with van der Waals surface area (Å²) in [6.07, 6.45) is 0.696. The van der Waals surface area contributed by atoms with Gasteiger partial charge < -0.3 is 0 Å². The molecule has 0 radical (unpaired) electrons. The average molecular weight is 387 g/mol. The van der Waals surface area contributed by atoms with Gasteiger partial charge in [0.25, 0.3) is 0 Å². The van der Waals surface area contributed by atoms with Gasteiger partial charge in [0.2, 0.25) is 5.91 Å². The van der Waals surface area contributed by atoms with Crippen molar-refractivity contribution in [1.82, 2.24) is 0 Å². The van der Waals surface area contributed by atoms with Crippen LogP contribution in [0, 0.1) is 13.8 Å². The number of hydrogen-bond acceptors (Lipinski definition) is 3. The second-order valence-electron chi connectivity index (χ2n) is 6.97. The number of benzene rings is 3. The van der Waals surface area contributed by atoms with Crippen molar-refractivity contribution in [3.05, 3.63) is 95.6 Å². The van der Waals surface area contributed by atoms with Crippen LogP contribution in [-0.2, 0) is 11.2 Å². The summed E-state index contributed by atoms with van der Waals surface area (Å²) in [6.45, 7) is 4.22. The number of amides is 1. The molecule has 1 fully saturated rings. The number of hydrogen-bond donors (Lipinski definition) is 0. The minimum absolute atomic E-state index is 0.0871. The zero-order valence-corrected chi connectivity index (χ0v) is 16.8. The summed E-state index contributed by atoms with van der Waals surface area (Å²) in [5, 5.41) is 0.556. The van der Waals surface area contributed by atoms with Crippen molar-refractivity contribution in [3.63, 3.8) is 0 Å². The Bertz CT molecular complexity index is 1020. The van der Waals surface area contributed by atoms with Gasteiger partial charge in [-0.25, -0.2) is 4.99 Å². The first kappa shape index (κ1) is 18.5. The van der Waals surface area contributed by atoms with E-state index >= 15 is 0 Å². The summed E-state index contributed by atoms with van der Waals surface area (Å²) < 4.78 is 0. The van der Waals surface area contributed by atoms with Gasteiger partial charge in [-0.3, -0.25) is 9.69 Å². The number of anilines is 1. The molecule has 1 saturated heterocycles. The summed E-state index contributed by atoms with van der Waals surface area (Å²) in [5.74, 6) is 0.0871. The van der Waals surface area contributed by atoms with Gasteiger partial charge in [-0.05, 0) is 61.2 Å². The first-order valence-electron chi connectivity index (χ1n) is 9.37. The Labute approximate surface area is 170 Å². The largest absolute Gasteiger partial charge is 0.273 e. The number of rotatable bonds is 4. The Balaban J connectivity index is 1.67. The Kier molecular flexibility index (Phi) is 5.31. The SMILES string of the molecule is Cc1ccc(CC2SC(=Nc3ccccc3)N(c3ccccc3)C2=O)cc1C. The highest BCUT2D eigenvalue weighted by Crippen LogP contribution is 2.35. The van der Waals surface area contributed by atoms with E-state index in [1.54, 1.807) is 16.7 Å². The fraction of sp³-hybridized carbons (Fsp3) is 0.167. The quantitative estimate of drug-likeness (QED) is 0.578. The van der Waals surface area contributed by atoms with Crippen molar-refractivity contribution in [3.8, 4) is 0 Å². The minimum Gasteiger partial charge on any atom is -0.273 e. The Morgan fingerprint density at radius 2 is 1.57 bits per heavy atom. The predicted octanol–water partition coefficient (Wildman–Crippen LogP) is 5.68. The molecule has 1 aliphatic rings. The molecule has 0 aliphatic carbocycles. The summed E-state index contributed by atoms with van der Waals surface area (Å²) in [7, 11) is 0. The maximum Gasteiger partial charge on any atom is 0.247 e. The highest BCUT2D eigenvalue weighted by atomic mass is 32.2. The molecule has 4 rings (SSSR count). The number of para-hydroxylation sites is 2. The molecule has 0 spiro atoms. The van der Waals surface area contributed by atoms with E-state index in [4.69, 9.17) is 4.99 Å². The normalized spacial score (nSPS) is 18.1. The zero-order chi connectivity index (χ0) is 19.5. The fourth-order valence-corrected chi connectivity index (χ4v) is 4.44. The van der Waals surface area contributed by atoms with E-state index in [1.165, 1.54) is 16.7 Å². The molecule has 1 atom stereocenters. The predicted molar refractivity (Wildman–Crippen MR) is 118 cm³/mol. The average Bonchev–Trinajstić information content (AvgIpc) is 3.01. The molecule has 3 aromatic carbocycles. The molecular formula is C24H22N2OS. The lowest BCUT2D eigenvalue weighted by Gasteiger charge is -2.16. The molecule has 4 heteroatoms. The smallest absolute Gasteiger partial charge is 0.247 e. The molecule has 1 unspecified atom stereocenters. The summed E-state index contributed by atoms with van der Waals surface area (Å²) in [6, 6.07) is 26.0. The Morgan fingerprint density at radius 1 is 0.893 bits per heavy atom. The number of carbonyl (C=O) groups excluding carboxylic acids is 1.